The predicted molar refractivity (Wildman–Crippen MR) is 138 cm³/mol. The minimum Gasteiger partial charge on any atom is -0.396 e. The van der Waals surface area contributed by atoms with Crippen molar-refractivity contribution in [1.29, 1.82) is 0 Å². The van der Waals surface area contributed by atoms with E-state index < -0.39 is 18.8 Å². The number of nitrogens with zero attached hydrogens (tertiary/aromatic N) is 4. The molecule has 204 valence electrons. The van der Waals surface area contributed by atoms with Gasteiger partial charge in [0.2, 0.25) is 0 Å². The Balaban J connectivity index is 1.30. The number of aliphatic hydroxyl groups excluding tert-OH is 1. The number of hydrogen-bond acceptors (Lipinski definition) is 6. The summed E-state index contributed by atoms with van der Waals surface area (Å²) in [7, 11) is 0. The Morgan fingerprint density at radius 1 is 1.24 bits per heavy atom. The summed E-state index contributed by atoms with van der Waals surface area (Å²) in [6.45, 7) is 2.12. The van der Waals surface area contributed by atoms with Gasteiger partial charge in [0.1, 0.15) is 18.8 Å². The molecule has 0 unspecified atom stereocenters. The zero-order valence-corrected chi connectivity index (χ0v) is 20.8. The first-order chi connectivity index (χ1) is 18.3. The smallest absolute Gasteiger partial charge is 0.396 e. The van der Waals surface area contributed by atoms with E-state index in [0.29, 0.717) is 23.9 Å². The van der Waals surface area contributed by atoms with Crippen molar-refractivity contribution in [3.8, 4) is 11.3 Å². The number of benzene rings is 1. The quantitative estimate of drug-likeness (QED) is 0.207. The van der Waals surface area contributed by atoms with Crippen LogP contribution in [0, 0.1) is 5.92 Å². The number of likely N-dealkylation sites (tertiary alicyclic amines) is 1. The SMILES string of the molecule is O=C(NCC(F)(F)F)Nc1cccc(-c2cnc3cc(C=NOCCC4CCN(CCO)CC4)ccn23)c1. The van der Waals surface area contributed by atoms with Gasteiger partial charge in [-0.05, 0) is 62.5 Å². The zero-order valence-electron chi connectivity index (χ0n) is 20.8. The number of anilines is 1. The topological polar surface area (TPSA) is 103 Å². The molecule has 2 amide bonds. The average molecular weight is 533 g/mol. The summed E-state index contributed by atoms with van der Waals surface area (Å²) < 4.78 is 38.8. The number of carbonyl (C=O) groups excluding carboxylic acids is 1. The Bertz CT molecular complexity index is 1240. The Kier molecular flexibility index (Phi) is 9.19. The number of hydrogen-bond donors (Lipinski definition) is 3. The summed E-state index contributed by atoms with van der Waals surface area (Å²) >= 11 is 0. The molecule has 1 aliphatic heterocycles. The fourth-order valence-electron chi connectivity index (χ4n) is 4.41. The van der Waals surface area contributed by atoms with Gasteiger partial charge in [0.25, 0.3) is 0 Å². The van der Waals surface area contributed by atoms with Crippen molar-refractivity contribution in [2.75, 3.05) is 44.7 Å². The number of urea groups is 1. The minimum atomic E-state index is -4.48. The molecule has 1 aromatic carbocycles. The van der Waals surface area contributed by atoms with Gasteiger partial charge in [0.15, 0.2) is 0 Å². The van der Waals surface area contributed by atoms with E-state index >= 15 is 0 Å². The number of alkyl halides is 3. The molecular weight excluding hydrogens is 501 g/mol. The summed E-state index contributed by atoms with van der Waals surface area (Å²) in [5.41, 5.74) is 3.35. The first-order valence-electron chi connectivity index (χ1n) is 12.5. The fourth-order valence-corrected chi connectivity index (χ4v) is 4.41. The van der Waals surface area contributed by atoms with Crippen molar-refractivity contribution in [3.05, 3.63) is 54.4 Å². The molecule has 0 saturated carbocycles. The number of pyridine rings is 1. The molecule has 3 aromatic rings. The monoisotopic (exact) mass is 532 g/mol. The Morgan fingerprint density at radius 3 is 2.82 bits per heavy atom. The van der Waals surface area contributed by atoms with Crippen LogP contribution in [-0.2, 0) is 4.84 Å². The molecule has 1 aliphatic rings. The highest BCUT2D eigenvalue weighted by molar-refractivity contribution is 5.90. The highest BCUT2D eigenvalue weighted by Crippen LogP contribution is 2.24. The van der Waals surface area contributed by atoms with Gasteiger partial charge in [-0.2, -0.15) is 13.2 Å². The van der Waals surface area contributed by atoms with E-state index in [1.54, 1.807) is 35.9 Å². The molecule has 9 nitrogen and oxygen atoms in total. The van der Waals surface area contributed by atoms with Gasteiger partial charge in [0, 0.05) is 29.6 Å². The van der Waals surface area contributed by atoms with E-state index in [4.69, 9.17) is 9.94 Å². The average Bonchev–Trinajstić information content (AvgIpc) is 3.32. The van der Waals surface area contributed by atoms with E-state index in [9.17, 15) is 18.0 Å². The van der Waals surface area contributed by atoms with E-state index in [0.717, 1.165) is 55.7 Å². The van der Waals surface area contributed by atoms with Crippen molar-refractivity contribution in [1.82, 2.24) is 19.6 Å². The van der Waals surface area contributed by atoms with Gasteiger partial charge in [-0.15, -0.1) is 0 Å². The van der Waals surface area contributed by atoms with Crippen molar-refractivity contribution >= 4 is 23.6 Å². The number of carbonyl (C=O) groups is 1. The number of oxime groups is 1. The molecule has 0 aliphatic carbocycles. The van der Waals surface area contributed by atoms with E-state index in [2.05, 4.69) is 20.4 Å². The molecule has 3 heterocycles. The van der Waals surface area contributed by atoms with Crippen LogP contribution in [0.2, 0.25) is 0 Å². The molecule has 0 atom stereocenters. The Hall–Kier alpha value is -3.64. The molecular formula is C26H31F3N6O3. The number of β-amino-alcohol motifs (C(OH)–C–C–N with tert-alkyl or cyclic N) is 1. The van der Waals surface area contributed by atoms with E-state index in [1.165, 1.54) is 0 Å². The summed E-state index contributed by atoms with van der Waals surface area (Å²) in [5.74, 6) is 0.614. The van der Waals surface area contributed by atoms with Crippen LogP contribution in [0.15, 0.2) is 53.9 Å². The first kappa shape index (κ1) is 27.4. The molecule has 0 radical (unpaired) electrons. The number of aliphatic hydroxyl groups is 1. The molecule has 2 aromatic heterocycles. The van der Waals surface area contributed by atoms with Crippen LogP contribution >= 0.6 is 0 Å². The number of halogens is 3. The molecule has 0 spiro atoms. The van der Waals surface area contributed by atoms with Gasteiger partial charge >= 0.3 is 12.2 Å². The third kappa shape index (κ3) is 7.93. The maximum Gasteiger partial charge on any atom is 0.405 e. The van der Waals surface area contributed by atoms with Crippen LogP contribution in [0.25, 0.3) is 16.9 Å². The molecule has 1 saturated heterocycles. The number of aromatic nitrogens is 2. The number of nitrogens with one attached hydrogen (secondary N) is 2. The van der Waals surface area contributed by atoms with Crippen molar-refractivity contribution in [3.63, 3.8) is 0 Å². The van der Waals surface area contributed by atoms with E-state index in [1.807, 2.05) is 28.8 Å². The lowest BCUT2D eigenvalue weighted by Crippen LogP contribution is -2.36. The maximum atomic E-state index is 12.3. The zero-order chi connectivity index (χ0) is 27.0. The van der Waals surface area contributed by atoms with Gasteiger partial charge in [-0.1, -0.05) is 17.3 Å². The van der Waals surface area contributed by atoms with Crippen LogP contribution in [0.3, 0.4) is 0 Å². The molecule has 3 N–H and O–H groups in total. The third-order valence-electron chi connectivity index (χ3n) is 6.42. The lowest BCUT2D eigenvalue weighted by Gasteiger charge is -2.31. The van der Waals surface area contributed by atoms with Crippen LogP contribution in [-0.4, -0.2) is 77.2 Å². The van der Waals surface area contributed by atoms with Crippen molar-refractivity contribution < 1.29 is 27.9 Å². The lowest BCUT2D eigenvalue weighted by molar-refractivity contribution is -0.122. The third-order valence-corrected chi connectivity index (χ3v) is 6.42. The van der Waals surface area contributed by atoms with E-state index in [-0.39, 0.29) is 6.61 Å². The predicted octanol–water partition coefficient (Wildman–Crippen LogP) is 4.13. The number of amides is 2. The second-order valence-corrected chi connectivity index (χ2v) is 9.20. The van der Waals surface area contributed by atoms with Gasteiger partial charge < -0.3 is 25.5 Å². The van der Waals surface area contributed by atoms with Crippen LogP contribution in [0.4, 0.5) is 23.7 Å². The largest absolute Gasteiger partial charge is 0.405 e. The maximum absolute atomic E-state index is 12.3. The lowest BCUT2D eigenvalue weighted by atomic mass is 9.94. The fraction of sp³-hybridized carbons (Fsp3) is 0.423. The van der Waals surface area contributed by atoms with Crippen molar-refractivity contribution in [2.24, 2.45) is 11.1 Å². The standard InChI is InChI=1S/C26H31F3N6O3/c27-26(28,29)18-31-25(37)33-22-3-1-2-21(15-22)23-17-30-24-14-20(6-10-35(23)24)16-32-38-13-7-19-4-8-34(9-5-19)11-12-36/h1-3,6,10,14-17,19,36H,4-5,7-9,11-13,18H2,(H2,31,33,37). The summed E-state index contributed by atoms with van der Waals surface area (Å²) in [5, 5.41) is 17.3. The Morgan fingerprint density at radius 2 is 2.05 bits per heavy atom. The second-order valence-electron chi connectivity index (χ2n) is 9.20. The number of fused-ring (bicyclic) bond motifs is 1. The van der Waals surface area contributed by atoms with Crippen molar-refractivity contribution in [2.45, 2.75) is 25.4 Å². The second kappa shape index (κ2) is 12.7. The van der Waals surface area contributed by atoms with Crippen LogP contribution < -0.4 is 10.6 Å². The minimum absolute atomic E-state index is 0.204. The molecule has 1 fully saturated rings. The summed E-state index contributed by atoms with van der Waals surface area (Å²) in [6.07, 6.45) is 3.85. The number of rotatable bonds is 10. The first-order valence-corrected chi connectivity index (χ1v) is 12.5. The molecule has 0 bridgehead atoms. The molecule has 4 rings (SSSR count). The summed E-state index contributed by atoms with van der Waals surface area (Å²) in [4.78, 5) is 24.0. The van der Waals surface area contributed by atoms with Gasteiger partial charge in [0.05, 0.1) is 24.7 Å². The summed E-state index contributed by atoms with van der Waals surface area (Å²) in [6, 6.07) is 9.57. The highest BCUT2D eigenvalue weighted by Gasteiger charge is 2.27. The van der Waals surface area contributed by atoms with Crippen LogP contribution in [0.5, 0.6) is 0 Å². The normalized spacial score (nSPS) is 15.3. The highest BCUT2D eigenvalue weighted by atomic mass is 19.4. The molecule has 12 heteroatoms. The number of piperidine rings is 1. The molecule has 38 heavy (non-hydrogen) atoms. The van der Waals surface area contributed by atoms with Gasteiger partial charge in [-0.25, -0.2) is 9.78 Å². The number of imidazole rings is 1. The Labute approximate surface area is 218 Å². The van der Waals surface area contributed by atoms with Gasteiger partial charge in [-0.3, -0.25) is 4.40 Å². The van der Waals surface area contributed by atoms with Crippen LogP contribution in [0.1, 0.15) is 24.8 Å².